The number of aryl methyl sites for hydroxylation is 1. The maximum Gasteiger partial charge on any atom is 0.222 e. The molecule has 29 heavy (non-hydrogen) atoms. The second-order valence-electron chi connectivity index (χ2n) is 7.63. The zero-order valence-corrected chi connectivity index (χ0v) is 17.8. The first kappa shape index (κ1) is 21.2. The first-order valence-electron chi connectivity index (χ1n) is 10.4. The first-order chi connectivity index (χ1) is 14.1. The van der Waals surface area contributed by atoms with E-state index in [1.165, 1.54) is 5.56 Å². The van der Waals surface area contributed by atoms with E-state index in [2.05, 4.69) is 30.1 Å². The molecule has 1 unspecified atom stereocenters. The van der Waals surface area contributed by atoms with Gasteiger partial charge in [0.15, 0.2) is 0 Å². The standard InChI is InChI=1S/C24H32N2O3/c1-25-16-17-26(18-22(25)21-9-5-6-10-23(21)29-3)24(27)11-7-4-8-19-12-14-20(28-2)15-13-19/h5-6,9-10,12-15,22H,4,7-8,11,16-18H2,1-3H3. The van der Waals surface area contributed by atoms with E-state index >= 15 is 0 Å². The van der Waals surface area contributed by atoms with Crippen molar-refractivity contribution in [1.82, 2.24) is 9.80 Å². The van der Waals surface area contributed by atoms with Crippen LogP contribution in [0.5, 0.6) is 11.5 Å². The molecular formula is C24H32N2O3. The lowest BCUT2D eigenvalue weighted by Gasteiger charge is -2.40. The van der Waals surface area contributed by atoms with Crippen molar-refractivity contribution < 1.29 is 14.3 Å². The Hall–Kier alpha value is -2.53. The Bertz CT molecular complexity index is 791. The van der Waals surface area contributed by atoms with Gasteiger partial charge in [-0.2, -0.15) is 0 Å². The van der Waals surface area contributed by atoms with E-state index in [0.29, 0.717) is 13.0 Å². The van der Waals surface area contributed by atoms with E-state index in [1.54, 1.807) is 14.2 Å². The molecule has 0 N–H and O–H groups in total. The molecule has 3 rings (SSSR count). The Morgan fingerprint density at radius 2 is 1.76 bits per heavy atom. The van der Waals surface area contributed by atoms with Gasteiger partial charge in [-0.1, -0.05) is 30.3 Å². The van der Waals surface area contributed by atoms with Crippen LogP contribution in [0, 0.1) is 0 Å². The van der Waals surface area contributed by atoms with Gasteiger partial charge in [0.2, 0.25) is 5.91 Å². The number of likely N-dealkylation sites (N-methyl/N-ethyl adjacent to an activating group) is 1. The highest BCUT2D eigenvalue weighted by atomic mass is 16.5. The maximum atomic E-state index is 12.8. The largest absolute Gasteiger partial charge is 0.497 e. The fraction of sp³-hybridized carbons (Fsp3) is 0.458. The third-order valence-electron chi connectivity index (χ3n) is 5.76. The molecule has 5 nitrogen and oxygen atoms in total. The van der Waals surface area contributed by atoms with Crippen molar-refractivity contribution in [2.24, 2.45) is 0 Å². The third-order valence-corrected chi connectivity index (χ3v) is 5.76. The molecule has 156 valence electrons. The smallest absolute Gasteiger partial charge is 0.222 e. The van der Waals surface area contributed by atoms with Crippen molar-refractivity contribution >= 4 is 5.91 Å². The summed E-state index contributed by atoms with van der Waals surface area (Å²) in [6.45, 7) is 2.38. The number of carbonyl (C=O) groups excluding carboxylic acids is 1. The fourth-order valence-corrected chi connectivity index (χ4v) is 3.93. The highest BCUT2D eigenvalue weighted by Gasteiger charge is 2.29. The number of amides is 1. The number of hydrogen-bond donors (Lipinski definition) is 0. The van der Waals surface area contributed by atoms with Crippen LogP contribution >= 0.6 is 0 Å². The molecule has 1 atom stereocenters. The van der Waals surface area contributed by atoms with Crippen molar-refractivity contribution in [2.75, 3.05) is 40.9 Å². The highest BCUT2D eigenvalue weighted by Crippen LogP contribution is 2.31. The van der Waals surface area contributed by atoms with E-state index in [1.807, 2.05) is 35.2 Å². The molecule has 1 aliphatic heterocycles. The third kappa shape index (κ3) is 5.51. The Morgan fingerprint density at radius 3 is 2.48 bits per heavy atom. The first-order valence-corrected chi connectivity index (χ1v) is 10.4. The topological polar surface area (TPSA) is 42.0 Å². The molecule has 1 saturated heterocycles. The van der Waals surface area contributed by atoms with Crippen molar-refractivity contribution in [1.29, 1.82) is 0 Å². The van der Waals surface area contributed by atoms with Gasteiger partial charge in [0.1, 0.15) is 11.5 Å². The molecule has 1 fully saturated rings. The summed E-state index contributed by atoms with van der Waals surface area (Å²) in [5, 5.41) is 0. The summed E-state index contributed by atoms with van der Waals surface area (Å²) >= 11 is 0. The van der Waals surface area contributed by atoms with Gasteiger partial charge in [-0.3, -0.25) is 9.69 Å². The predicted octanol–water partition coefficient (Wildman–Crippen LogP) is 3.93. The number of methoxy groups -OCH3 is 2. The molecule has 0 bridgehead atoms. The number of nitrogens with zero attached hydrogens (tertiary/aromatic N) is 2. The van der Waals surface area contributed by atoms with Crippen LogP contribution in [0.15, 0.2) is 48.5 Å². The van der Waals surface area contributed by atoms with Crippen molar-refractivity contribution in [2.45, 2.75) is 31.7 Å². The number of hydrogen-bond acceptors (Lipinski definition) is 4. The number of rotatable bonds is 8. The monoisotopic (exact) mass is 396 g/mol. The summed E-state index contributed by atoms with van der Waals surface area (Å²) in [5.74, 6) is 2.02. The fourth-order valence-electron chi connectivity index (χ4n) is 3.93. The molecule has 0 aliphatic carbocycles. The van der Waals surface area contributed by atoms with Crippen LogP contribution < -0.4 is 9.47 Å². The lowest BCUT2D eigenvalue weighted by Crippen LogP contribution is -2.49. The molecule has 5 heteroatoms. The molecule has 1 aliphatic rings. The lowest BCUT2D eigenvalue weighted by atomic mass is 10.0. The van der Waals surface area contributed by atoms with Crippen LogP contribution in [-0.4, -0.2) is 56.6 Å². The van der Waals surface area contributed by atoms with Crippen LogP contribution in [0.1, 0.15) is 36.4 Å². The molecule has 1 heterocycles. The van der Waals surface area contributed by atoms with Crippen LogP contribution in [-0.2, 0) is 11.2 Å². The van der Waals surface area contributed by atoms with E-state index in [-0.39, 0.29) is 11.9 Å². The number of piperazine rings is 1. The van der Waals surface area contributed by atoms with Gasteiger partial charge >= 0.3 is 0 Å². The zero-order valence-electron chi connectivity index (χ0n) is 17.8. The summed E-state index contributed by atoms with van der Waals surface area (Å²) in [5.41, 5.74) is 2.43. The number of para-hydroxylation sites is 1. The second-order valence-corrected chi connectivity index (χ2v) is 7.63. The Balaban J connectivity index is 1.50. The van der Waals surface area contributed by atoms with Crippen molar-refractivity contribution in [3.05, 3.63) is 59.7 Å². The van der Waals surface area contributed by atoms with Crippen molar-refractivity contribution in [3.63, 3.8) is 0 Å². The van der Waals surface area contributed by atoms with Gasteiger partial charge < -0.3 is 14.4 Å². The van der Waals surface area contributed by atoms with Crippen LogP contribution in [0.25, 0.3) is 0 Å². The minimum Gasteiger partial charge on any atom is -0.497 e. The van der Waals surface area contributed by atoms with Gasteiger partial charge in [-0.15, -0.1) is 0 Å². The summed E-state index contributed by atoms with van der Waals surface area (Å²) in [6.07, 6.45) is 3.53. The van der Waals surface area contributed by atoms with Crippen LogP contribution in [0.4, 0.5) is 0 Å². The Morgan fingerprint density at radius 1 is 1.00 bits per heavy atom. The second kappa shape index (κ2) is 10.3. The Labute approximate surface area is 174 Å². The number of benzene rings is 2. The normalized spacial score (nSPS) is 17.2. The average molecular weight is 397 g/mol. The summed E-state index contributed by atoms with van der Waals surface area (Å²) in [7, 11) is 5.50. The van der Waals surface area contributed by atoms with Crippen molar-refractivity contribution in [3.8, 4) is 11.5 Å². The molecule has 0 radical (unpaired) electrons. The van der Waals surface area contributed by atoms with Gasteiger partial charge in [0.05, 0.1) is 20.3 Å². The molecule has 2 aromatic rings. The molecule has 2 aromatic carbocycles. The molecular weight excluding hydrogens is 364 g/mol. The van der Waals surface area contributed by atoms with Gasteiger partial charge in [-0.25, -0.2) is 0 Å². The number of ether oxygens (including phenoxy) is 2. The molecule has 0 spiro atoms. The van der Waals surface area contributed by atoms with E-state index in [0.717, 1.165) is 49.4 Å². The lowest BCUT2D eigenvalue weighted by molar-refractivity contribution is -0.134. The number of carbonyl (C=O) groups is 1. The van der Waals surface area contributed by atoms with E-state index in [4.69, 9.17) is 9.47 Å². The molecule has 0 saturated carbocycles. The van der Waals surface area contributed by atoms with Crippen LogP contribution in [0.2, 0.25) is 0 Å². The summed E-state index contributed by atoms with van der Waals surface area (Å²) in [6, 6.07) is 16.4. The zero-order chi connectivity index (χ0) is 20.6. The minimum absolute atomic E-state index is 0.170. The minimum atomic E-state index is 0.170. The van der Waals surface area contributed by atoms with Gasteiger partial charge in [0, 0.05) is 31.6 Å². The predicted molar refractivity (Wildman–Crippen MR) is 115 cm³/mol. The average Bonchev–Trinajstić information content (AvgIpc) is 2.77. The summed E-state index contributed by atoms with van der Waals surface area (Å²) < 4.78 is 10.7. The highest BCUT2D eigenvalue weighted by molar-refractivity contribution is 5.76. The van der Waals surface area contributed by atoms with Gasteiger partial charge in [-0.05, 0) is 50.1 Å². The van der Waals surface area contributed by atoms with E-state index in [9.17, 15) is 4.79 Å². The molecule has 1 amide bonds. The number of unbranched alkanes of at least 4 members (excludes halogenated alkanes) is 1. The van der Waals surface area contributed by atoms with Crippen LogP contribution in [0.3, 0.4) is 0 Å². The summed E-state index contributed by atoms with van der Waals surface area (Å²) in [4.78, 5) is 17.1. The Kier molecular flexibility index (Phi) is 7.53. The SMILES string of the molecule is COc1ccc(CCCCC(=O)N2CCN(C)C(c3ccccc3OC)C2)cc1. The quantitative estimate of drug-likeness (QED) is 0.634. The molecule has 0 aromatic heterocycles. The maximum absolute atomic E-state index is 12.8. The van der Waals surface area contributed by atoms with E-state index < -0.39 is 0 Å². The van der Waals surface area contributed by atoms with Gasteiger partial charge in [0.25, 0.3) is 0 Å².